The predicted octanol–water partition coefficient (Wildman–Crippen LogP) is 5.79. The van der Waals surface area contributed by atoms with Gasteiger partial charge in [-0.05, 0) is 47.6 Å². The van der Waals surface area contributed by atoms with Crippen molar-refractivity contribution in [1.29, 1.82) is 0 Å². The number of aryl methyl sites for hydroxylation is 2. The van der Waals surface area contributed by atoms with Crippen molar-refractivity contribution in [2.24, 2.45) is 0 Å². The number of nitrogens with zero attached hydrogens (tertiary/aromatic N) is 2. The van der Waals surface area contributed by atoms with Gasteiger partial charge in [-0.15, -0.1) is 0 Å². The number of rotatable bonds is 8. The highest BCUT2D eigenvalue weighted by Crippen LogP contribution is 2.37. The summed E-state index contributed by atoms with van der Waals surface area (Å²) in [5, 5.41) is 8.84. The Morgan fingerprint density at radius 2 is 1.81 bits per heavy atom. The average Bonchev–Trinajstić information content (AvgIpc) is 2.82. The molecular formula is C27H26N2O3. The van der Waals surface area contributed by atoms with Gasteiger partial charge in [0.05, 0.1) is 12.3 Å². The molecule has 0 saturated carbocycles. The van der Waals surface area contributed by atoms with Crippen molar-refractivity contribution in [2.75, 3.05) is 11.4 Å². The molecule has 3 aromatic rings. The summed E-state index contributed by atoms with van der Waals surface area (Å²) in [7, 11) is 0. The molecule has 0 unspecified atom stereocenters. The van der Waals surface area contributed by atoms with Crippen LogP contribution in [0, 0.1) is 6.57 Å². The number of hydrogen-bond acceptors (Lipinski definition) is 3. The molecule has 0 bridgehead atoms. The number of para-hydroxylation sites is 1. The van der Waals surface area contributed by atoms with Gasteiger partial charge < -0.3 is 14.7 Å². The minimum Gasteiger partial charge on any atom is -0.487 e. The van der Waals surface area contributed by atoms with Crippen molar-refractivity contribution >= 4 is 17.3 Å². The molecule has 162 valence electrons. The van der Waals surface area contributed by atoms with Crippen molar-refractivity contribution in [2.45, 2.75) is 38.8 Å². The van der Waals surface area contributed by atoms with Crippen LogP contribution in [-0.2, 0) is 30.8 Å². The van der Waals surface area contributed by atoms with Gasteiger partial charge in [-0.2, -0.15) is 0 Å². The van der Waals surface area contributed by atoms with Gasteiger partial charge in [0.1, 0.15) is 12.4 Å². The second kappa shape index (κ2) is 10.0. The summed E-state index contributed by atoms with van der Waals surface area (Å²) >= 11 is 0. The van der Waals surface area contributed by atoms with Crippen LogP contribution < -0.4 is 9.64 Å². The van der Waals surface area contributed by atoms with Crippen LogP contribution in [-0.4, -0.2) is 17.6 Å². The molecule has 3 aromatic carbocycles. The van der Waals surface area contributed by atoms with Crippen molar-refractivity contribution in [3.63, 3.8) is 0 Å². The molecule has 0 aliphatic carbocycles. The summed E-state index contributed by atoms with van der Waals surface area (Å²) in [6, 6.07) is 22.0. The number of carbonyl (C=O) groups is 1. The fourth-order valence-corrected chi connectivity index (χ4v) is 4.13. The zero-order chi connectivity index (χ0) is 22.3. The molecular weight excluding hydrogens is 400 g/mol. The lowest BCUT2D eigenvalue weighted by atomic mass is 10.00. The van der Waals surface area contributed by atoms with Crippen LogP contribution in [0.5, 0.6) is 5.75 Å². The first-order chi connectivity index (χ1) is 15.6. The number of anilines is 1. The maximum Gasteiger partial charge on any atom is 0.303 e. The molecule has 32 heavy (non-hydrogen) atoms. The maximum absolute atomic E-state index is 10.8. The number of carboxylic acid groups (broad SMARTS) is 1. The maximum atomic E-state index is 10.8. The Balaban J connectivity index is 1.48. The summed E-state index contributed by atoms with van der Waals surface area (Å²) < 4.78 is 6.26. The van der Waals surface area contributed by atoms with Gasteiger partial charge in [0.2, 0.25) is 0 Å². The molecule has 0 fully saturated rings. The lowest BCUT2D eigenvalue weighted by molar-refractivity contribution is -0.136. The fourth-order valence-electron chi connectivity index (χ4n) is 4.13. The molecule has 5 heteroatoms. The van der Waals surface area contributed by atoms with Crippen LogP contribution in [0.15, 0.2) is 66.7 Å². The highest BCUT2D eigenvalue weighted by molar-refractivity contribution is 5.67. The smallest absolute Gasteiger partial charge is 0.303 e. The minimum absolute atomic E-state index is 0.140. The average molecular weight is 427 g/mol. The van der Waals surface area contributed by atoms with Crippen molar-refractivity contribution in [3.8, 4) is 5.75 Å². The van der Waals surface area contributed by atoms with E-state index in [1.807, 2.05) is 54.6 Å². The van der Waals surface area contributed by atoms with Crippen LogP contribution in [0.4, 0.5) is 11.4 Å². The minimum atomic E-state index is -0.781. The first-order valence-corrected chi connectivity index (χ1v) is 10.9. The van der Waals surface area contributed by atoms with E-state index in [1.165, 1.54) is 5.56 Å². The van der Waals surface area contributed by atoms with E-state index in [9.17, 15) is 4.79 Å². The predicted molar refractivity (Wildman–Crippen MR) is 125 cm³/mol. The van der Waals surface area contributed by atoms with E-state index in [-0.39, 0.29) is 6.42 Å². The summed E-state index contributed by atoms with van der Waals surface area (Å²) in [6.07, 6.45) is 2.80. The number of fused-ring (bicyclic) bond motifs is 1. The Hall–Kier alpha value is -3.78. The summed E-state index contributed by atoms with van der Waals surface area (Å²) in [5.74, 6) is 0.0927. The second-order valence-corrected chi connectivity index (χ2v) is 8.07. The van der Waals surface area contributed by atoms with E-state index in [2.05, 4.69) is 21.9 Å². The molecule has 0 amide bonds. The van der Waals surface area contributed by atoms with E-state index in [1.54, 1.807) is 0 Å². The quantitative estimate of drug-likeness (QED) is 0.464. The topological polar surface area (TPSA) is 54.1 Å². The molecule has 1 N–H and O–H groups in total. The number of ether oxygens (including phenoxy) is 1. The Labute approximate surface area is 188 Å². The van der Waals surface area contributed by atoms with E-state index in [0.717, 1.165) is 54.1 Å². The number of carboxylic acids is 1. The molecule has 5 nitrogen and oxygen atoms in total. The molecule has 0 aromatic heterocycles. The van der Waals surface area contributed by atoms with Crippen LogP contribution >= 0.6 is 0 Å². The summed E-state index contributed by atoms with van der Waals surface area (Å²) in [6.45, 7) is 9.42. The van der Waals surface area contributed by atoms with E-state index >= 15 is 0 Å². The number of hydrogen-bond donors (Lipinski definition) is 1. The molecule has 4 rings (SSSR count). The number of aliphatic carboxylic acids is 1. The van der Waals surface area contributed by atoms with Gasteiger partial charge in [-0.25, -0.2) is 4.85 Å². The Bertz CT molecular complexity index is 1130. The largest absolute Gasteiger partial charge is 0.487 e. The van der Waals surface area contributed by atoms with Crippen LogP contribution in [0.25, 0.3) is 4.85 Å². The Morgan fingerprint density at radius 1 is 1.03 bits per heavy atom. The standard InChI is InChI=1S/C27H26N2O3/c1-28-24-8-2-5-22(17-24)18-29-16-4-7-23-6-3-9-25(27(23)29)32-19-21-12-10-20(11-13-21)14-15-26(30)31/h2-3,5-6,8-13,17H,4,7,14-16,18-19H2,(H,30,31). The third-order valence-electron chi connectivity index (χ3n) is 5.73. The van der Waals surface area contributed by atoms with Gasteiger partial charge in [-0.3, -0.25) is 4.79 Å². The van der Waals surface area contributed by atoms with Gasteiger partial charge in [-0.1, -0.05) is 60.7 Å². The molecule has 1 aliphatic heterocycles. The third-order valence-corrected chi connectivity index (χ3v) is 5.73. The van der Waals surface area contributed by atoms with Gasteiger partial charge in [0.15, 0.2) is 5.69 Å². The van der Waals surface area contributed by atoms with Crippen LogP contribution in [0.2, 0.25) is 0 Å². The lowest BCUT2D eigenvalue weighted by Crippen LogP contribution is -2.29. The van der Waals surface area contributed by atoms with Crippen LogP contribution in [0.1, 0.15) is 35.1 Å². The van der Waals surface area contributed by atoms with Gasteiger partial charge >= 0.3 is 5.97 Å². The summed E-state index contributed by atoms with van der Waals surface area (Å²) in [5.41, 5.74) is 6.29. The Morgan fingerprint density at radius 3 is 2.59 bits per heavy atom. The monoisotopic (exact) mass is 426 g/mol. The van der Waals surface area contributed by atoms with E-state index < -0.39 is 5.97 Å². The van der Waals surface area contributed by atoms with E-state index in [0.29, 0.717) is 18.7 Å². The zero-order valence-electron chi connectivity index (χ0n) is 18.0. The molecule has 1 aliphatic rings. The lowest BCUT2D eigenvalue weighted by Gasteiger charge is -2.33. The normalized spacial score (nSPS) is 12.7. The molecule has 0 saturated heterocycles. The molecule has 0 radical (unpaired) electrons. The second-order valence-electron chi connectivity index (χ2n) is 8.07. The Kier molecular flexibility index (Phi) is 6.72. The highest BCUT2D eigenvalue weighted by Gasteiger charge is 2.21. The highest BCUT2D eigenvalue weighted by atomic mass is 16.5. The molecule has 0 spiro atoms. The van der Waals surface area contributed by atoms with Crippen LogP contribution in [0.3, 0.4) is 0 Å². The number of benzene rings is 3. The SMILES string of the molecule is [C-]#[N+]c1cccc(CN2CCCc3cccc(OCc4ccc(CCC(=O)O)cc4)c32)c1. The van der Waals surface area contributed by atoms with Gasteiger partial charge in [0, 0.05) is 19.5 Å². The van der Waals surface area contributed by atoms with Crippen molar-refractivity contribution in [3.05, 3.63) is 100 Å². The first-order valence-electron chi connectivity index (χ1n) is 10.9. The van der Waals surface area contributed by atoms with Gasteiger partial charge in [0.25, 0.3) is 0 Å². The molecule has 1 heterocycles. The third kappa shape index (κ3) is 5.28. The zero-order valence-corrected chi connectivity index (χ0v) is 18.0. The van der Waals surface area contributed by atoms with Crippen molar-refractivity contribution in [1.82, 2.24) is 0 Å². The summed E-state index contributed by atoms with van der Waals surface area (Å²) in [4.78, 5) is 16.7. The fraction of sp³-hybridized carbons (Fsp3) is 0.259. The molecule has 0 atom stereocenters. The van der Waals surface area contributed by atoms with Crippen molar-refractivity contribution < 1.29 is 14.6 Å². The first kappa shape index (κ1) is 21.5. The van der Waals surface area contributed by atoms with E-state index in [4.69, 9.17) is 16.4 Å².